The fraction of sp³-hybridized carbons (Fsp3) is 0.333. The third-order valence-corrected chi connectivity index (χ3v) is 6.61. The zero-order chi connectivity index (χ0) is 28.6. The summed E-state index contributed by atoms with van der Waals surface area (Å²) >= 11 is 0. The van der Waals surface area contributed by atoms with E-state index in [1.807, 2.05) is 60.7 Å². The summed E-state index contributed by atoms with van der Waals surface area (Å²) in [6.45, 7) is 1.09. The number of hydrogen-bond acceptors (Lipinski definition) is 5. The largest absolute Gasteiger partial charge is 0.497 e. The Hall–Kier alpha value is -4.26. The molecule has 0 aliphatic heterocycles. The summed E-state index contributed by atoms with van der Waals surface area (Å²) in [5.74, 6) is 2.10. The van der Waals surface area contributed by atoms with Crippen molar-refractivity contribution >= 4 is 11.8 Å². The van der Waals surface area contributed by atoms with Crippen LogP contribution in [0.4, 0.5) is 0 Å². The smallest absolute Gasteiger partial charge is 0.223 e. The van der Waals surface area contributed by atoms with Gasteiger partial charge in [0.2, 0.25) is 11.8 Å². The highest BCUT2D eigenvalue weighted by molar-refractivity contribution is 5.79. The van der Waals surface area contributed by atoms with E-state index in [1.165, 1.54) is 11.1 Å². The Morgan fingerprint density at radius 2 is 1.35 bits per heavy atom. The molecule has 0 fully saturated rings. The average molecular weight is 545 g/mol. The molecule has 7 heteroatoms. The van der Waals surface area contributed by atoms with Crippen molar-refractivity contribution in [3.05, 3.63) is 101 Å². The number of hydrogen-bond donors (Lipinski definition) is 2. The summed E-state index contributed by atoms with van der Waals surface area (Å²) in [6.07, 6.45) is 6.98. The standard InChI is InChI=1S/C33H40N2O5/c1-38-28-13-9-12-26(24-28)16-18-29-27(17-19-30(39-2)33(29)40-3)21-23-35-32(37)15-8-7-14-31(36)34-22-20-25-10-5-4-6-11-25/h4-13,17,19,24H,14-16,18,20-23H2,1-3H3,(H,34,36)(H,35,37). The molecular weight excluding hydrogens is 504 g/mol. The first-order valence-electron chi connectivity index (χ1n) is 13.6. The van der Waals surface area contributed by atoms with E-state index in [9.17, 15) is 9.59 Å². The average Bonchev–Trinajstić information content (AvgIpc) is 2.98. The van der Waals surface area contributed by atoms with Gasteiger partial charge in [0.1, 0.15) is 5.75 Å². The van der Waals surface area contributed by atoms with Crippen molar-refractivity contribution in [2.75, 3.05) is 34.4 Å². The van der Waals surface area contributed by atoms with Gasteiger partial charge in [-0.15, -0.1) is 0 Å². The lowest BCUT2D eigenvalue weighted by atomic mass is 9.96. The number of ether oxygens (including phenoxy) is 3. The molecule has 0 spiro atoms. The lowest BCUT2D eigenvalue weighted by Crippen LogP contribution is -2.25. The first kappa shape index (κ1) is 30.3. The second-order valence-electron chi connectivity index (χ2n) is 9.36. The molecule has 0 heterocycles. The van der Waals surface area contributed by atoms with Crippen LogP contribution in [0.1, 0.15) is 35.1 Å². The third-order valence-electron chi connectivity index (χ3n) is 6.61. The monoisotopic (exact) mass is 544 g/mol. The topological polar surface area (TPSA) is 85.9 Å². The van der Waals surface area contributed by atoms with Crippen LogP contribution in [0.25, 0.3) is 0 Å². The highest BCUT2D eigenvalue weighted by atomic mass is 16.5. The summed E-state index contributed by atoms with van der Waals surface area (Å²) in [7, 11) is 4.94. The normalized spacial score (nSPS) is 10.8. The second-order valence-corrected chi connectivity index (χ2v) is 9.36. The molecule has 0 aliphatic carbocycles. The molecule has 0 radical (unpaired) electrons. The molecule has 0 aliphatic rings. The van der Waals surface area contributed by atoms with Gasteiger partial charge in [0.15, 0.2) is 11.5 Å². The van der Waals surface area contributed by atoms with E-state index in [1.54, 1.807) is 33.5 Å². The Kier molecular flexibility index (Phi) is 12.6. The quantitative estimate of drug-likeness (QED) is 0.252. The van der Waals surface area contributed by atoms with Gasteiger partial charge in [-0.2, -0.15) is 0 Å². The summed E-state index contributed by atoms with van der Waals surface area (Å²) in [5.41, 5.74) is 4.52. The molecule has 0 unspecified atom stereocenters. The van der Waals surface area contributed by atoms with Crippen LogP contribution in [0, 0.1) is 0 Å². The van der Waals surface area contributed by atoms with Gasteiger partial charge < -0.3 is 24.8 Å². The minimum atomic E-state index is -0.0841. The Morgan fingerprint density at radius 1 is 0.675 bits per heavy atom. The van der Waals surface area contributed by atoms with Crippen LogP contribution in [0.3, 0.4) is 0 Å². The van der Waals surface area contributed by atoms with Crippen molar-refractivity contribution in [3.63, 3.8) is 0 Å². The summed E-state index contributed by atoms with van der Waals surface area (Å²) in [4.78, 5) is 24.4. The first-order valence-corrected chi connectivity index (χ1v) is 13.6. The molecule has 40 heavy (non-hydrogen) atoms. The van der Waals surface area contributed by atoms with E-state index >= 15 is 0 Å². The minimum absolute atomic E-state index is 0.0532. The van der Waals surface area contributed by atoms with E-state index in [-0.39, 0.29) is 24.7 Å². The first-order chi connectivity index (χ1) is 19.5. The minimum Gasteiger partial charge on any atom is -0.497 e. The predicted molar refractivity (Wildman–Crippen MR) is 158 cm³/mol. The van der Waals surface area contributed by atoms with Gasteiger partial charge in [-0.25, -0.2) is 0 Å². The van der Waals surface area contributed by atoms with Gasteiger partial charge in [0, 0.05) is 31.5 Å². The fourth-order valence-electron chi connectivity index (χ4n) is 4.49. The third kappa shape index (κ3) is 9.80. The Balaban J connectivity index is 1.46. The van der Waals surface area contributed by atoms with Gasteiger partial charge in [-0.3, -0.25) is 9.59 Å². The maximum Gasteiger partial charge on any atom is 0.223 e. The molecule has 3 aromatic rings. The molecule has 0 aromatic heterocycles. The Morgan fingerprint density at radius 3 is 2.00 bits per heavy atom. The van der Waals surface area contributed by atoms with Gasteiger partial charge in [-0.05, 0) is 60.6 Å². The van der Waals surface area contributed by atoms with Crippen LogP contribution in [0.5, 0.6) is 17.2 Å². The van der Waals surface area contributed by atoms with Gasteiger partial charge in [0.05, 0.1) is 21.3 Å². The van der Waals surface area contributed by atoms with Crippen LogP contribution >= 0.6 is 0 Å². The van der Waals surface area contributed by atoms with Crippen molar-refractivity contribution in [1.82, 2.24) is 10.6 Å². The molecule has 0 atom stereocenters. The van der Waals surface area contributed by atoms with Gasteiger partial charge in [-0.1, -0.05) is 60.7 Å². The Bertz CT molecular complexity index is 1260. The number of aryl methyl sites for hydroxylation is 1. The highest BCUT2D eigenvalue weighted by Crippen LogP contribution is 2.34. The molecule has 7 nitrogen and oxygen atoms in total. The number of carbonyl (C=O) groups is 2. The number of carbonyl (C=O) groups excluding carboxylic acids is 2. The lowest BCUT2D eigenvalue weighted by Gasteiger charge is -2.17. The number of benzene rings is 3. The second kappa shape index (κ2) is 16.6. The van der Waals surface area contributed by atoms with E-state index in [0.717, 1.165) is 41.9 Å². The maximum absolute atomic E-state index is 12.4. The van der Waals surface area contributed by atoms with E-state index in [0.29, 0.717) is 25.3 Å². The van der Waals surface area contributed by atoms with Crippen molar-refractivity contribution in [3.8, 4) is 17.2 Å². The van der Waals surface area contributed by atoms with Crippen molar-refractivity contribution in [2.45, 2.75) is 38.5 Å². The van der Waals surface area contributed by atoms with Crippen LogP contribution in [0.15, 0.2) is 78.9 Å². The zero-order valence-electron chi connectivity index (χ0n) is 23.7. The maximum atomic E-state index is 12.4. The summed E-state index contributed by atoms with van der Waals surface area (Å²) in [5, 5.41) is 5.88. The summed E-state index contributed by atoms with van der Waals surface area (Å²) in [6, 6.07) is 22.0. The summed E-state index contributed by atoms with van der Waals surface area (Å²) < 4.78 is 16.6. The van der Waals surface area contributed by atoms with Crippen LogP contribution in [0.2, 0.25) is 0 Å². The molecule has 2 N–H and O–H groups in total. The molecule has 0 saturated carbocycles. The van der Waals surface area contributed by atoms with E-state index < -0.39 is 0 Å². The fourth-order valence-corrected chi connectivity index (χ4v) is 4.49. The van der Waals surface area contributed by atoms with Crippen LogP contribution in [-0.4, -0.2) is 46.2 Å². The molecule has 2 amide bonds. The van der Waals surface area contributed by atoms with Crippen molar-refractivity contribution in [1.29, 1.82) is 0 Å². The number of amides is 2. The molecule has 0 bridgehead atoms. The molecule has 3 rings (SSSR count). The molecule has 212 valence electrons. The van der Waals surface area contributed by atoms with Gasteiger partial charge >= 0.3 is 0 Å². The lowest BCUT2D eigenvalue weighted by molar-refractivity contribution is -0.121. The molecular formula is C33H40N2O5. The number of rotatable bonds is 16. The van der Waals surface area contributed by atoms with Crippen LogP contribution in [-0.2, 0) is 35.3 Å². The molecule has 0 saturated heterocycles. The Labute approximate surface area is 237 Å². The predicted octanol–water partition coefficient (Wildman–Crippen LogP) is 4.85. The van der Waals surface area contributed by atoms with Crippen LogP contribution < -0.4 is 24.8 Å². The van der Waals surface area contributed by atoms with E-state index in [2.05, 4.69) is 16.7 Å². The highest BCUT2D eigenvalue weighted by Gasteiger charge is 2.15. The molecule has 3 aromatic carbocycles. The van der Waals surface area contributed by atoms with Crippen molar-refractivity contribution in [2.24, 2.45) is 0 Å². The van der Waals surface area contributed by atoms with E-state index in [4.69, 9.17) is 14.2 Å². The number of nitrogens with one attached hydrogen (secondary N) is 2. The van der Waals surface area contributed by atoms with Gasteiger partial charge in [0.25, 0.3) is 0 Å². The number of methoxy groups -OCH3 is 3. The zero-order valence-corrected chi connectivity index (χ0v) is 23.7. The van der Waals surface area contributed by atoms with Crippen molar-refractivity contribution < 1.29 is 23.8 Å². The SMILES string of the molecule is COc1cccc(CCc2c(CCNC(=O)CC=CCC(=O)NCCc3ccccc3)ccc(OC)c2OC)c1.